The first-order chi connectivity index (χ1) is 10.3. The van der Waals surface area contributed by atoms with Gasteiger partial charge in [-0.05, 0) is 12.5 Å². The van der Waals surface area contributed by atoms with Gasteiger partial charge in [0.25, 0.3) is 0 Å². The number of esters is 1. The fourth-order valence-corrected chi connectivity index (χ4v) is 2.09. The molecule has 0 saturated carbocycles. The van der Waals surface area contributed by atoms with Crippen LogP contribution >= 0.6 is 0 Å². The average Bonchev–Trinajstić information content (AvgIpc) is 2.44. The molecule has 118 valence electrons. The van der Waals surface area contributed by atoms with E-state index in [2.05, 4.69) is 15.4 Å². The highest BCUT2D eigenvalue weighted by Crippen LogP contribution is 2.28. The first-order valence-corrected chi connectivity index (χ1v) is 6.35. The number of nitrogens with one attached hydrogen (secondary N) is 2. The predicted molar refractivity (Wildman–Crippen MR) is 70.6 cm³/mol. The second-order valence-electron chi connectivity index (χ2n) is 4.67. The highest BCUT2D eigenvalue weighted by molar-refractivity contribution is 5.95. The van der Waals surface area contributed by atoms with E-state index in [9.17, 15) is 22.8 Å². The van der Waals surface area contributed by atoms with Crippen molar-refractivity contribution in [3.8, 4) is 0 Å². The third-order valence-corrected chi connectivity index (χ3v) is 2.99. The number of carbonyl (C=O) groups excluding carboxylic acids is 2. The Morgan fingerprint density at radius 2 is 1.91 bits per heavy atom. The van der Waals surface area contributed by atoms with Crippen LogP contribution in [0.1, 0.15) is 18.5 Å². The van der Waals surface area contributed by atoms with Crippen molar-refractivity contribution in [3.63, 3.8) is 0 Å². The van der Waals surface area contributed by atoms with E-state index < -0.39 is 30.8 Å². The maximum absolute atomic E-state index is 12.2. The number of allylic oxidation sites excluding steroid dienone is 1. The number of urea groups is 1. The molecule has 22 heavy (non-hydrogen) atoms. The summed E-state index contributed by atoms with van der Waals surface area (Å²) in [6.45, 7) is -0.253. The Hall–Kier alpha value is -2.51. The zero-order valence-electron chi connectivity index (χ0n) is 11.5. The van der Waals surface area contributed by atoms with Crippen LogP contribution in [0.2, 0.25) is 0 Å². The Kier molecular flexibility index (Phi) is 4.39. The summed E-state index contributed by atoms with van der Waals surface area (Å²) in [4.78, 5) is 23.5. The Morgan fingerprint density at radius 3 is 2.50 bits per heavy atom. The number of halogens is 3. The molecule has 1 atom stereocenters. The van der Waals surface area contributed by atoms with Crippen molar-refractivity contribution in [2.75, 3.05) is 6.61 Å². The number of hydrogen-bond donors (Lipinski definition) is 2. The number of alkyl halides is 3. The van der Waals surface area contributed by atoms with Gasteiger partial charge >= 0.3 is 18.2 Å². The summed E-state index contributed by atoms with van der Waals surface area (Å²) in [6, 6.07) is 7.02. The van der Waals surface area contributed by atoms with E-state index in [0.717, 1.165) is 0 Å². The minimum atomic E-state index is -4.61. The van der Waals surface area contributed by atoms with Gasteiger partial charge in [-0.3, -0.25) is 0 Å². The summed E-state index contributed by atoms with van der Waals surface area (Å²) in [5, 5.41) is 4.86. The van der Waals surface area contributed by atoms with Crippen LogP contribution in [-0.4, -0.2) is 24.8 Å². The van der Waals surface area contributed by atoms with Crippen LogP contribution < -0.4 is 10.6 Å². The lowest BCUT2D eigenvalue weighted by Crippen LogP contribution is -2.45. The topological polar surface area (TPSA) is 67.4 Å². The SMILES string of the molecule is CC1=C(C(=O)OCC(F)(F)F)C(c2ccccc2)NC(=O)N1. The fourth-order valence-electron chi connectivity index (χ4n) is 2.09. The lowest BCUT2D eigenvalue weighted by Gasteiger charge is -2.28. The molecule has 1 aliphatic rings. The van der Waals surface area contributed by atoms with Crippen molar-refractivity contribution < 1.29 is 27.5 Å². The van der Waals surface area contributed by atoms with Crippen LogP contribution in [0.25, 0.3) is 0 Å². The molecule has 1 aromatic carbocycles. The molecule has 0 radical (unpaired) electrons. The molecule has 2 rings (SSSR count). The lowest BCUT2D eigenvalue weighted by molar-refractivity contribution is -0.183. The van der Waals surface area contributed by atoms with Gasteiger partial charge < -0.3 is 15.4 Å². The van der Waals surface area contributed by atoms with Crippen molar-refractivity contribution in [2.24, 2.45) is 0 Å². The number of rotatable bonds is 3. The first-order valence-electron chi connectivity index (χ1n) is 6.35. The van der Waals surface area contributed by atoms with Crippen molar-refractivity contribution in [2.45, 2.75) is 19.1 Å². The van der Waals surface area contributed by atoms with E-state index in [-0.39, 0.29) is 11.3 Å². The normalized spacial score (nSPS) is 18.5. The summed E-state index contributed by atoms with van der Waals surface area (Å²) in [6.07, 6.45) is -4.61. The largest absolute Gasteiger partial charge is 0.453 e. The van der Waals surface area contributed by atoms with Gasteiger partial charge in [-0.2, -0.15) is 13.2 Å². The van der Waals surface area contributed by atoms with E-state index in [1.807, 2.05) is 0 Å². The van der Waals surface area contributed by atoms with E-state index in [1.165, 1.54) is 6.92 Å². The van der Waals surface area contributed by atoms with Crippen LogP contribution in [0, 0.1) is 0 Å². The van der Waals surface area contributed by atoms with Crippen LogP contribution in [0.15, 0.2) is 41.6 Å². The van der Waals surface area contributed by atoms with Gasteiger partial charge in [0.15, 0.2) is 6.61 Å². The predicted octanol–water partition coefficient (Wildman–Crippen LogP) is 2.42. The summed E-state index contributed by atoms with van der Waals surface area (Å²) in [5.41, 5.74) is 0.662. The van der Waals surface area contributed by atoms with Crippen LogP contribution in [0.5, 0.6) is 0 Å². The third-order valence-electron chi connectivity index (χ3n) is 2.99. The second kappa shape index (κ2) is 6.08. The number of hydrogen-bond acceptors (Lipinski definition) is 3. The quantitative estimate of drug-likeness (QED) is 0.842. The molecule has 0 aliphatic carbocycles. The maximum Gasteiger partial charge on any atom is 0.422 e. The Bertz CT molecular complexity index is 612. The molecule has 0 saturated heterocycles. The van der Waals surface area contributed by atoms with Gasteiger partial charge in [0.2, 0.25) is 0 Å². The molecule has 0 bridgehead atoms. The van der Waals surface area contributed by atoms with E-state index in [1.54, 1.807) is 30.3 Å². The van der Waals surface area contributed by atoms with E-state index in [4.69, 9.17) is 0 Å². The van der Waals surface area contributed by atoms with Gasteiger partial charge in [0.05, 0.1) is 11.6 Å². The minimum absolute atomic E-state index is 0.0601. The highest BCUT2D eigenvalue weighted by Gasteiger charge is 2.35. The smallest absolute Gasteiger partial charge is 0.422 e. The van der Waals surface area contributed by atoms with Crippen molar-refractivity contribution in [1.82, 2.24) is 10.6 Å². The fraction of sp³-hybridized carbons (Fsp3) is 0.286. The molecule has 0 aromatic heterocycles. The van der Waals surface area contributed by atoms with E-state index in [0.29, 0.717) is 5.56 Å². The van der Waals surface area contributed by atoms with Gasteiger partial charge in [-0.15, -0.1) is 0 Å². The van der Waals surface area contributed by atoms with Gasteiger partial charge in [0, 0.05) is 5.70 Å². The molecule has 1 unspecified atom stereocenters. The van der Waals surface area contributed by atoms with Crippen molar-refractivity contribution >= 4 is 12.0 Å². The van der Waals surface area contributed by atoms with E-state index >= 15 is 0 Å². The molecule has 8 heteroatoms. The van der Waals surface area contributed by atoms with Gasteiger partial charge in [-0.25, -0.2) is 9.59 Å². The molecular formula is C14H13F3N2O3. The Labute approximate surface area is 124 Å². The number of benzene rings is 1. The highest BCUT2D eigenvalue weighted by atomic mass is 19.4. The maximum atomic E-state index is 12.2. The standard InChI is InChI=1S/C14H13F3N2O3/c1-8-10(12(20)22-7-14(15,16)17)11(19-13(21)18-8)9-5-3-2-4-6-9/h2-6,11H,7H2,1H3,(H2,18,19,21). The summed E-state index contributed by atoms with van der Waals surface area (Å²) >= 11 is 0. The molecular weight excluding hydrogens is 301 g/mol. The molecule has 5 nitrogen and oxygen atoms in total. The monoisotopic (exact) mass is 314 g/mol. The zero-order chi connectivity index (χ0) is 16.3. The molecule has 1 heterocycles. The van der Waals surface area contributed by atoms with Crippen LogP contribution in [0.4, 0.5) is 18.0 Å². The third kappa shape index (κ3) is 3.78. The number of carbonyl (C=O) groups is 2. The Balaban J connectivity index is 2.29. The summed E-state index contributed by atoms with van der Waals surface area (Å²) in [7, 11) is 0. The molecule has 0 fully saturated rings. The van der Waals surface area contributed by atoms with Crippen LogP contribution in [0.3, 0.4) is 0 Å². The molecule has 1 aliphatic heterocycles. The van der Waals surface area contributed by atoms with Crippen LogP contribution in [-0.2, 0) is 9.53 Å². The lowest BCUT2D eigenvalue weighted by atomic mass is 9.96. The number of amides is 2. The zero-order valence-corrected chi connectivity index (χ0v) is 11.5. The first kappa shape index (κ1) is 15.9. The molecule has 0 spiro atoms. The number of ether oxygens (including phenoxy) is 1. The van der Waals surface area contributed by atoms with Crippen molar-refractivity contribution in [1.29, 1.82) is 0 Å². The summed E-state index contributed by atoms with van der Waals surface area (Å²) in [5.74, 6) is -1.13. The minimum Gasteiger partial charge on any atom is -0.453 e. The molecule has 2 amide bonds. The summed E-state index contributed by atoms with van der Waals surface area (Å²) < 4.78 is 40.8. The Morgan fingerprint density at radius 1 is 1.27 bits per heavy atom. The average molecular weight is 314 g/mol. The van der Waals surface area contributed by atoms with Crippen molar-refractivity contribution in [3.05, 3.63) is 47.2 Å². The molecule has 1 aromatic rings. The second-order valence-corrected chi connectivity index (χ2v) is 4.67. The van der Waals surface area contributed by atoms with Gasteiger partial charge in [0.1, 0.15) is 0 Å². The van der Waals surface area contributed by atoms with Gasteiger partial charge in [-0.1, -0.05) is 30.3 Å². The molecule has 2 N–H and O–H groups in total.